The Balaban J connectivity index is 2.57. The number of aromatic nitrogens is 2. The zero-order valence-corrected chi connectivity index (χ0v) is 9.10. The Hall–Kier alpha value is -2.10. The van der Waals surface area contributed by atoms with Gasteiger partial charge in [-0.05, 0) is 10.8 Å². The van der Waals surface area contributed by atoms with Crippen LogP contribution in [0.4, 0.5) is 0 Å². The van der Waals surface area contributed by atoms with Gasteiger partial charge in [0.2, 0.25) is 0 Å². The normalized spacial score (nSPS) is 11.4. The molecule has 2 aliphatic rings. The summed E-state index contributed by atoms with van der Waals surface area (Å²) in [6, 6.07) is 9.51. The van der Waals surface area contributed by atoms with Crippen molar-refractivity contribution in [2.75, 3.05) is 0 Å². The Bertz CT molecular complexity index is 709. The molecule has 0 bridgehead atoms. The lowest BCUT2D eigenvalue weighted by molar-refractivity contribution is -0.789. The van der Waals surface area contributed by atoms with Gasteiger partial charge in [-0.25, -0.2) is 4.79 Å². The Morgan fingerprint density at radius 3 is 2.88 bits per heavy atom. The summed E-state index contributed by atoms with van der Waals surface area (Å²) in [5.41, 5.74) is 1.31. The highest BCUT2D eigenvalue weighted by atomic mass is 16.5. The van der Waals surface area contributed by atoms with Gasteiger partial charge < -0.3 is 0 Å². The summed E-state index contributed by atoms with van der Waals surface area (Å²) in [5.74, 6) is 0.783. The lowest BCUT2D eigenvalue weighted by Gasteiger charge is -1.97. The molecule has 2 heterocycles. The summed E-state index contributed by atoms with van der Waals surface area (Å²) in [6.07, 6.45) is 0. The molecule has 4 nitrogen and oxygen atoms in total. The summed E-state index contributed by atoms with van der Waals surface area (Å²) in [7, 11) is 1.74. The quantitative estimate of drug-likeness (QED) is 0.528. The van der Waals surface area contributed by atoms with Crippen molar-refractivity contribution >= 4 is 11.0 Å². The van der Waals surface area contributed by atoms with Gasteiger partial charge in [-0.3, -0.25) is 4.52 Å². The standard InChI is InChI=1S/C12H11N2O2/c1-8-13(2)12(15)10-7-9-5-3-4-6-11(9)16-14(8)10/h3-7H,1-2H3/q+1. The van der Waals surface area contributed by atoms with E-state index in [1.165, 1.54) is 0 Å². The van der Waals surface area contributed by atoms with Gasteiger partial charge in [0.05, 0.1) is 7.05 Å². The second-order valence-corrected chi connectivity index (χ2v) is 3.86. The van der Waals surface area contributed by atoms with Crippen molar-refractivity contribution in [2.45, 2.75) is 6.92 Å². The molecule has 0 aromatic heterocycles. The van der Waals surface area contributed by atoms with E-state index in [1.807, 2.05) is 37.3 Å². The molecule has 0 saturated heterocycles. The van der Waals surface area contributed by atoms with Crippen LogP contribution >= 0.6 is 0 Å². The van der Waals surface area contributed by atoms with Crippen LogP contribution in [0.1, 0.15) is 5.82 Å². The Kier molecular flexibility index (Phi) is 1.68. The number of hydrogen-bond acceptors (Lipinski definition) is 2. The molecule has 16 heavy (non-hydrogen) atoms. The van der Waals surface area contributed by atoms with Crippen molar-refractivity contribution in [3.63, 3.8) is 0 Å². The predicted octanol–water partition coefficient (Wildman–Crippen LogP) is 1.15. The number of fused-ring (bicyclic) bond motifs is 2. The number of imidazole rings is 1. The van der Waals surface area contributed by atoms with E-state index < -0.39 is 0 Å². The number of benzene rings is 1. The maximum atomic E-state index is 11.9. The Morgan fingerprint density at radius 2 is 2.06 bits per heavy atom. The zero-order chi connectivity index (χ0) is 11.3. The second-order valence-electron chi connectivity index (χ2n) is 3.86. The van der Waals surface area contributed by atoms with E-state index >= 15 is 0 Å². The Labute approximate surface area is 91.6 Å². The lowest BCUT2D eigenvalue weighted by Crippen LogP contribution is -2.33. The molecule has 2 aliphatic heterocycles. The average Bonchev–Trinajstić information content (AvgIpc) is 2.52. The average molecular weight is 215 g/mol. The number of hydrogen-bond donors (Lipinski definition) is 0. The molecule has 0 spiro atoms. The third-order valence-corrected chi connectivity index (χ3v) is 2.92. The van der Waals surface area contributed by atoms with E-state index in [1.54, 1.807) is 16.4 Å². The van der Waals surface area contributed by atoms with E-state index in [0.29, 0.717) is 5.69 Å². The Morgan fingerprint density at radius 1 is 1.31 bits per heavy atom. The topological polar surface area (TPSA) is 39.0 Å². The van der Waals surface area contributed by atoms with Gasteiger partial charge in [-0.15, -0.1) is 0 Å². The van der Waals surface area contributed by atoms with Gasteiger partial charge >= 0.3 is 5.56 Å². The van der Waals surface area contributed by atoms with Crippen LogP contribution in [0.3, 0.4) is 0 Å². The van der Waals surface area contributed by atoms with Gasteiger partial charge in [-0.2, -0.15) is 4.57 Å². The van der Waals surface area contributed by atoms with Crippen molar-refractivity contribution in [2.24, 2.45) is 7.05 Å². The first kappa shape index (κ1) is 9.15. The molecule has 0 unspecified atom stereocenters. The number of nitrogens with zero attached hydrogens (tertiary/aromatic N) is 2. The van der Waals surface area contributed by atoms with Gasteiger partial charge in [-0.1, -0.05) is 18.2 Å². The van der Waals surface area contributed by atoms with Crippen LogP contribution in [-0.4, -0.2) is 4.57 Å². The van der Waals surface area contributed by atoms with Crippen LogP contribution in [0.5, 0.6) is 0 Å². The first-order valence-corrected chi connectivity index (χ1v) is 5.09. The smallest absolute Gasteiger partial charge is 0.295 e. The second kappa shape index (κ2) is 2.95. The summed E-state index contributed by atoms with van der Waals surface area (Å²) in [5, 5.41) is 0.935. The summed E-state index contributed by atoms with van der Waals surface area (Å²) >= 11 is 0. The maximum Gasteiger partial charge on any atom is 0.384 e. The third-order valence-electron chi connectivity index (χ3n) is 2.92. The minimum atomic E-state index is -0.0352. The van der Waals surface area contributed by atoms with Crippen LogP contribution < -0.4 is 10.3 Å². The van der Waals surface area contributed by atoms with Crippen molar-refractivity contribution in [1.82, 2.24) is 4.57 Å². The highest BCUT2D eigenvalue weighted by Gasteiger charge is 2.26. The van der Waals surface area contributed by atoms with Crippen LogP contribution in [0.2, 0.25) is 0 Å². The fraction of sp³-hybridized carbons (Fsp3) is 0.167. The molecule has 0 radical (unpaired) electrons. The van der Waals surface area contributed by atoms with Gasteiger partial charge in [0.1, 0.15) is 0 Å². The highest BCUT2D eigenvalue weighted by molar-refractivity contribution is 5.76. The molecule has 80 valence electrons. The predicted molar refractivity (Wildman–Crippen MR) is 58.9 cm³/mol. The van der Waals surface area contributed by atoms with Crippen LogP contribution in [0.15, 0.2) is 39.6 Å². The minimum absolute atomic E-state index is 0.0352. The molecule has 1 aromatic carbocycles. The molecule has 1 aromatic rings. The molecule has 0 N–H and O–H groups in total. The fourth-order valence-electron chi connectivity index (χ4n) is 1.88. The van der Waals surface area contributed by atoms with E-state index in [0.717, 1.165) is 16.8 Å². The van der Waals surface area contributed by atoms with Crippen molar-refractivity contribution in [1.29, 1.82) is 0 Å². The molecule has 0 fully saturated rings. The first-order chi connectivity index (χ1) is 7.68. The molecular weight excluding hydrogens is 204 g/mol. The van der Waals surface area contributed by atoms with E-state index in [4.69, 9.17) is 4.52 Å². The van der Waals surface area contributed by atoms with Crippen molar-refractivity contribution in [3.05, 3.63) is 46.5 Å². The molecular formula is C12H11N2O2+. The number of para-hydroxylation sites is 1. The molecule has 0 saturated carbocycles. The largest absolute Gasteiger partial charge is 0.384 e. The van der Waals surface area contributed by atoms with Gasteiger partial charge in [0.15, 0.2) is 5.58 Å². The summed E-state index contributed by atoms with van der Waals surface area (Å²) in [6.45, 7) is 1.85. The van der Waals surface area contributed by atoms with Crippen LogP contribution in [0, 0.1) is 6.92 Å². The van der Waals surface area contributed by atoms with E-state index in [-0.39, 0.29) is 5.56 Å². The molecule has 3 rings (SSSR count). The number of rotatable bonds is 0. The first-order valence-electron chi connectivity index (χ1n) is 5.09. The van der Waals surface area contributed by atoms with Crippen molar-refractivity contribution in [3.8, 4) is 5.69 Å². The summed E-state index contributed by atoms with van der Waals surface area (Å²) in [4.78, 5) is 11.9. The summed E-state index contributed by atoms with van der Waals surface area (Å²) < 4.78 is 8.83. The van der Waals surface area contributed by atoms with Crippen molar-refractivity contribution < 1.29 is 9.26 Å². The molecule has 0 aliphatic carbocycles. The highest BCUT2D eigenvalue weighted by Crippen LogP contribution is 2.14. The monoisotopic (exact) mass is 215 g/mol. The van der Waals surface area contributed by atoms with E-state index in [2.05, 4.69) is 0 Å². The minimum Gasteiger partial charge on any atom is -0.295 e. The SMILES string of the molecule is Cc1n(C)c(=O)c2cc3ccccc3o[n+]1-2. The van der Waals surface area contributed by atoms with Crippen LogP contribution in [0.25, 0.3) is 16.7 Å². The maximum absolute atomic E-state index is 11.9. The third kappa shape index (κ3) is 1.04. The van der Waals surface area contributed by atoms with E-state index in [9.17, 15) is 4.79 Å². The molecule has 4 heteroatoms. The molecule has 0 atom stereocenters. The van der Waals surface area contributed by atoms with Crippen LogP contribution in [-0.2, 0) is 7.05 Å². The molecule has 0 amide bonds. The van der Waals surface area contributed by atoms with Gasteiger partial charge in [0.25, 0.3) is 11.5 Å². The fourth-order valence-corrected chi connectivity index (χ4v) is 1.88. The zero-order valence-electron chi connectivity index (χ0n) is 9.10. The lowest BCUT2D eigenvalue weighted by atomic mass is 10.2. The van der Waals surface area contributed by atoms with Gasteiger partial charge in [0, 0.05) is 18.4 Å².